The standard InChI is InChI=1S/C18H22N4O2S/c23-17(19-6-5-15-12-22-8-10-25-18(22)20-15)14-3-1-7-21(11-14)13-16-4-2-9-24-16/h2,4,8-10,12,14H,1,3,5-7,11,13H2,(H,19,23). The quantitative estimate of drug-likeness (QED) is 0.736. The van der Waals surface area contributed by atoms with E-state index >= 15 is 0 Å². The van der Waals surface area contributed by atoms with Crippen LogP contribution in [0.1, 0.15) is 24.3 Å². The van der Waals surface area contributed by atoms with E-state index in [-0.39, 0.29) is 11.8 Å². The molecule has 1 aliphatic rings. The minimum atomic E-state index is 0.0641. The SMILES string of the molecule is O=C(NCCc1cn2ccsc2n1)C1CCCN(Cc2ccco2)C1. The molecular formula is C18H22N4O2S. The number of nitrogens with one attached hydrogen (secondary N) is 1. The van der Waals surface area contributed by atoms with Crippen molar-refractivity contribution in [2.24, 2.45) is 5.92 Å². The van der Waals surface area contributed by atoms with Gasteiger partial charge in [-0.05, 0) is 31.5 Å². The summed E-state index contributed by atoms with van der Waals surface area (Å²) < 4.78 is 7.44. The summed E-state index contributed by atoms with van der Waals surface area (Å²) in [6, 6.07) is 3.89. The van der Waals surface area contributed by atoms with E-state index in [1.165, 1.54) is 0 Å². The van der Waals surface area contributed by atoms with E-state index in [1.807, 2.05) is 34.3 Å². The summed E-state index contributed by atoms with van der Waals surface area (Å²) in [6.45, 7) is 3.24. The number of thiazole rings is 1. The normalized spacial score (nSPS) is 18.6. The lowest BCUT2D eigenvalue weighted by Gasteiger charge is -2.31. The van der Waals surface area contributed by atoms with Crippen LogP contribution in [0, 0.1) is 5.92 Å². The fourth-order valence-electron chi connectivity index (χ4n) is 3.39. The van der Waals surface area contributed by atoms with Crippen molar-refractivity contribution < 1.29 is 9.21 Å². The highest BCUT2D eigenvalue weighted by molar-refractivity contribution is 7.15. The van der Waals surface area contributed by atoms with Gasteiger partial charge in [0.05, 0.1) is 24.4 Å². The van der Waals surface area contributed by atoms with Crippen LogP contribution >= 0.6 is 11.3 Å². The molecule has 1 atom stereocenters. The number of piperidine rings is 1. The fourth-order valence-corrected chi connectivity index (χ4v) is 4.11. The molecule has 0 saturated carbocycles. The highest BCUT2D eigenvalue weighted by atomic mass is 32.1. The molecule has 3 aromatic heterocycles. The molecule has 1 fully saturated rings. The van der Waals surface area contributed by atoms with Crippen molar-refractivity contribution in [2.45, 2.75) is 25.8 Å². The number of carbonyl (C=O) groups is 1. The molecule has 0 radical (unpaired) electrons. The molecule has 1 amide bonds. The van der Waals surface area contributed by atoms with Gasteiger partial charge in [0.1, 0.15) is 5.76 Å². The van der Waals surface area contributed by atoms with Gasteiger partial charge < -0.3 is 9.73 Å². The van der Waals surface area contributed by atoms with Crippen molar-refractivity contribution in [1.82, 2.24) is 19.6 Å². The number of carbonyl (C=O) groups excluding carboxylic acids is 1. The molecule has 7 heteroatoms. The zero-order valence-corrected chi connectivity index (χ0v) is 14.9. The lowest BCUT2D eigenvalue weighted by atomic mass is 9.97. The van der Waals surface area contributed by atoms with Gasteiger partial charge in [-0.2, -0.15) is 0 Å². The van der Waals surface area contributed by atoms with Crippen LogP contribution < -0.4 is 5.32 Å². The van der Waals surface area contributed by atoms with Crippen molar-refractivity contribution >= 4 is 22.2 Å². The summed E-state index contributed by atoms with van der Waals surface area (Å²) in [4.78, 5) is 20.3. The van der Waals surface area contributed by atoms with Gasteiger partial charge in [0.25, 0.3) is 0 Å². The number of fused-ring (bicyclic) bond motifs is 1. The van der Waals surface area contributed by atoms with Gasteiger partial charge in [0.2, 0.25) is 5.91 Å². The Kier molecular flexibility index (Phi) is 4.85. The number of imidazole rings is 1. The number of likely N-dealkylation sites (tertiary alicyclic amines) is 1. The molecule has 4 rings (SSSR count). The van der Waals surface area contributed by atoms with Crippen molar-refractivity contribution in [3.63, 3.8) is 0 Å². The second kappa shape index (κ2) is 7.41. The van der Waals surface area contributed by atoms with Crippen LogP contribution in [-0.2, 0) is 17.8 Å². The molecular weight excluding hydrogens is 336 g/mol. The third-order valence-corrected chi connectivity index (χ3v) is 5.43. The first-order chi connectivity index (χ1) is 12.3. The van der Waals surface area contributed by atoms with Crippen molar-refractivity contribution in [3.05, 3.63) is 47.6 Å². The molecule has 0 aliphatic carbocycles. The van der Waals surface area contributed by atoms with Crippen LogP contribution in [0.5, 0.6) is 0 Å². The predicted molar refractivity (Wildman–Crippen MR) is 96.5 cm³/mol. The molecule has 0 spiro atoms. The number of rotatable bonds is 6. The Hall–Kier alpha value is -2.12. The molecule has 0 aromatic carbocycles. The lowest BCUT2D eigenvalue weighted by molar-refractivity contribution is -0.126. The van der Waals surface area contributed by atoms with Crippen LogP contribution in [0.3, 0.4) is 0 Å². The van der Waals surface area contributed by atoms with Crippen LogP contribution in [0.15, 0.2) is 40.6 Å². The zero-order valence-electron chi connectivity index (χ0n) is 14.1. The Morgan fingerprint density at radius 1 is 1.48 bits per heavy atom. The summed E-state index contributed by atoms with van der Waals surface area (Å²) in [5.74, 6) is 1.18. The van der Waals surface area contributed by atoms with E-state index in [1.54, 1.807) is 17.6 Å². The Balaban J connectivity index is 1.24. The minimum absolute atomic E-state index is 0.0641. The Morgan fingerprint density at radius 3 is 3.28 bits per heavy atom. The maximum atomic E-state index is 12.5. The van der Waals surface area contributed by atoms with Gasteiger partial charge in [-0.25, -0.2) is 4.98 Å². The van der Waals surface area contributed by atoms with Gasteiger partial charge >= 0.3 is 0 Å². The molecule has 1 aliphatic heterocycles. The Morgan fingerprint density at radius 2 is 2.44 bits per heavy atom. The van der Waals surface area contributed by atoms with E-state index < -0.39 is 0 Å². The van der Waals surface area contributed by atoms with Crippen LogP contribution in [0.4, 0.5) is 0 Å². The number of amides is 1. The number of furan rings is 1. The molecule has 3 aromatic rings. The van der Waals surface area contributed by atoms with E-state index in [0.29, 0.717) is 6.54 Å². The van der Waals surface area contributed by atoms with E-state index in [4.69, 9.17) is 4.42 Å². The first-order valence-corrected chi connectivity index (χ1v) is 9.59. The largest absolute Gasteiger partial charge is 0.468 e. The Bertz CT molecular complexity index is 795. The van der Waals surface area contributed by atoms with Gasteiger partial charge in [-0.15, -0.1) is 11.3 Å². The van der Waals surface area contributed by atoms with Crippen molar-refractivity contribution in [3.8, 4) is 0 Å². The highest BCUT2D eigenvalue weighted by Gasteiger charge is 2.25. The second-order valence-electron chi connectivity index (χ2n) is 6.52. The van der Waals surface area contributed by atoms with Gasteiger partial charge in [0, 0.05) is 37.3 Å². The molecule has 4 heterocycles. The number of hydrogen-bond acceptors (Lipinski definition) is 5. The molecule has 0 bridgehead atoms. The van der Waals surface area contributed by atoms with E-state index in [2.05, 4.69) is 15.2 Å². The predicted octanol–water partition coefficient (Wildman–Crippen LogP) is 2.56. The number of aromatic nitrogens is 2. The van der Waals surface area contributed by atoms with E-state index in [0.717, 1.165) is 55.3 Å². The molecule has 6 nitrogen and oxygen atoms in total. The number of nitrogens with zero attached hydrogens (tertiary/aromatic N) is 3. The summed E-state index contributed by atoms with van der Waals surface area (Å²) in [6.07, 6.45) is 8.51. The Labute approximate surface area is 150 Å². The fraction of sp³-hybridized carbons (Fsp3) is 0.444. The summed E-state index contributed by atoms with van der Waals surface area (Å²) in [7, 11) is 0. The monoisotopic (exact) mass is 358 g/mol. The summed E-state index contributed by atoms with van der Waals surface area (Å²) in [5.41, 5.74) is 1.02. The first kappa shape index (κ1) is 16.4. The van der Waals surface area contributed by atoms with Gasteiger partial charge in [-0.1, -0.05) is 0 Å². The minimum Gasteiger partial charge on any atom is -0.468 e. The lowest BCUT2D eigenvalue weighted by Crippen LogP contribution is -2.43. The van der Waals surface area contributed by atoms with E-state index in [9.17, 15) is 4.79 Å². The van der Waals surface area contributed by atoms with Crippen LogP contribution in [-0.4, -0.2) is 39.8 Å². The highest BCUT2D eigenvalue weighted by Crippen LogP contribution is 2.19. The maximum Gasteiger partial charge on any atom is 0.224 e. The average molecular weight is 358 g/mol. The van der Waals surface area contributed by atoms with Crippen molar-refractivity contribution in [1.29, 1.82) is 0 Å². The molecule has 25 heavy (non-hydrogen) atoms. The zero-order chi connectivity index (χ0) is 17.1. The number of hydrogen-bond donors (Lipinski definition) is 1. The molecule has 1 unspecified atom stereocenters. The first-order valence-electron chi connectivity index (χ1n) is 8.71. The summed E-state index contributed by atoms with van der Waals surface area (Å²) in [5, 5.41) is 5.10. The van der Waals surface area contributed by atoms with Gasteiger partial charge in [-0.3, -0.25) is 14.1 Å². The van der Waals surface area contributed by atoms with Crippen LogP contribution in [0.25, 0.3) is 4.96 Å². The topological polar surface area (TPSA) is 62.8 Å². The maximum absolute atomic E-state index is 12.5. The molecule has 132 valence electrons. The average Bonchev–Trinajstić information content (AvgIpc) is 3.32. The van der Waals surface area contributed by atoms with Gasteiger partial charge in [0.15, 0.2) is 4.96 Å². The molecule has 1 saturated heterocycles. The van der Waals surface area contributed by atoms with Crippen LogP contribution in [0.2, 0.25) is 0 Å². The third-order valence-electron chi connectivity index (χ3n) is 4.66. The summed E-state index contributed by atoms with van der Waals surface area (Å²) >= 11 is 1.62. The second-order valence-corrected chi connectivity index (χ2v) is 7.39. The molecule has 1 N–H and O–H groups in total. The smallest absolute Gasteiger partial charge is 0.224 e. The third kappa shape index (κ3) is 3.93. The van der Waals surface area contributed by atoms with Crippen molar-refractivity contribution in [2.75, 3.05) is 19.6 Å².